The first-order valence-electron chi connectivity index (χ1n) is 44.0. The van der Waals surface area contributed by atoms with Crippen LogP contribution >= 0.6 is 0 Å². The molecular weight excluding hydrogens is 1700 g/mol. The van der Waals surface area contributed by atoms with Crippen molar-refractivity contribution >= 4 is 83.8 Å². The van der Waals surface area contributed by atoms with E-state index in [0.29, 0.717) is 102 Å². The molecule has 0 radical (unpaired) electrons. The first-order valence-corrected chi connectivity index (χ1v) is 45.5. The summed E-state index contributed by atoms with van der Waals surface area (Å²) in [7, 11) is 3.10. The van der Waals surface area contributed by atoms with Crippen molar-refractivity contribution in [3.8, 4) is 23.0 Å². The third-order valence-corrected chi connectivity index (χ3v) is 26.0. The zero-order valence-electron chi connectivity index (χ0n) is 75.0. The van der Waals surface area contributed by atoms with Crippen LogP contribution in [0.3, 0.4) is 0 Å². The molecule has 0 saturated heterocycles. The number of nitrogens with one attached hydrogen (secondary N) is 2. The van der Waals surface area contributed by atoms with Crippen molar-refractivity contribution in [2.45, 2.75) is 121 Å². The average Bonchev–Trinajstić information content (AvgIpc) is 1.70. The number of pyridine rings is 4. The number of benzene rings is 8. The summed E-state index contributed by atoms with van der Waals surface area (Å²) in [5.74, 6) is 3.05. The fraction of sp³-hybridized carbons (Fsp3) is 0.255. The highest BCUT2D eigenvalue weighted by molar-refractivity contribution is 7.89. The SMILES string of the molecule is COc1ccc(Cn2ncc3c4c(cnc32)CN(C(=O)Nc2ccccc2)CC4)cc1.COc1ccc(Cn2ncc3c4c(cnc32)CN(C(=O)[C@@H](N)c2ccccc2)CC4)cc1.COc1ccc(Cn2ncc3c4c(cnc32)CN(C(=O)[C@@H](NC(=O)OC(C)(C)C)c2ccccc2)CC4)cc1.COc1ccc(Cn2ncc3c4c(cnc32)CN(S(=O)(=O)c2ccccc2)CC4)cc1. The number of urea groups is 1. The van der Waals surface area contributed by atoms with Gasteiger partial charge in [-0.2, -0.15) is 24.7 Å². The normalized spacial score (nSPS) is 14.0. The summed E-state index contributed by atoms with van der Waals surface area (Å²) in [6.45, 7) is 11.9. The van der Waals surface area contributed by atoms with E-state index in [1.165, 1.54) is 15.4 Å². The molecule has 30 nitrogen and oxygen atoms in total. The Morgan fingerprint density at radius 3 is 1.08 bits per heavy atom. The first kappa shape index (κ1) is 89.8. The molecule has 133 heavy (non-hydrogen) atoms. The Hall–Kier alpha value is -15.2. The standard InChI is InChI=1S/C30H33N5O4.C25H25N5O2.C24H23N5O2.C23H22N4O3S/c1-30(2,3)39-29(37)33-26(21-8-6-5-7-9-21)28(36)34-15-14-24-22(19-34)16-31-27-25(24)17-32-35(27)18-20-10-12-23(38-4)13-11-20;1-32-20-9-7-17(8-10-20)15-30-24-22(14-28-30)21-11-12-29(16-19(21)13-27-24)25(31)23(26)18-5-3-2-4-6-18;1-31-20-9-7-17(8-10-20)15-29-23-22(14-26-29)21-11-12-28(16-18(21)13-25-23)24(30)27-19-5-3-2-4-6-19;1-30-19-9-7-17(8-10-19)15-27-23-22(14-25-27)21-11-12-26(16-18(21)13-24-23)31(28,29)20-5-3-2-4-6-20/h5-13,16-17,26H,14-15,18-19H2,1-4H3,(H,33,37);2-10,13-14,23H,11-12,15-16,26H2,1H3;2-10,13-14H,11-12,15-16H2,1H3,(H,27,30);2-10,13-14H,11-12,15-16H2,1H3/t26-;23-;;/m00../s1. The molecule has 16 aromatic rings. The van der Waals surface area contributed by atoms with Gasteiger partial charge < -0.3 is 54.8 Å². The quantitative estimate of drug-likeness (QED) is 0.0638. The highest BCUT2D eigenvalue weighted by atomic mass is 32.2. The highest BCUT2D eigenvalue weighted by Gasteiger charge is 2.35. The summed E-state index contributed by atoms with van der Waals surface area (Å²) in [5.41, 5.74) is 24.5. The summed E-state index contributed by atoms with van der Waals surface area (Å²) in [6, 6.07) is 66.9. The second-order valence-electron chi connectivity index (χ2n) is 33.9. The number of carbonyl (C=O) groups excluding carboxylic acids is 4. The molecule has 0 fully saturated rings. The van der Waals surface area contributed by atoms with Crippen molar-refractivity contribution in [3.05, 3.63) is 346 Å². The van der Waals surface area contributed by atoms with Gasteiger partial charge in [-0.15, -0.1) is 0 Å². The van der Waals surface area contributed by atoms with Gasteiger partial charge in [0.2, 0.25) is 21.8 Å². The fourth-order valence-corrected chi connectivity index (χ4v) is 18.6. The van der Waals surface area contributed by atoms with Crippen molar-refractivity contribution in [3.63, 3.8) is 0 Å². The Bertz CT molecular complexity index is 6940. The van der Waals surface area contributed by atoms with E-state index in [1.807, 2.05) is 266 Å². The fourth-order valence-electron chi connectivity index (χ4n) is 17.1. The van der Waals surface area contributed by atoms with E-state index in [2.05, 4.69) is 46.0 Å². The van der Waals surface area contributed by atoms with Crippen molar-refractivity contribution in [2.75, 3.05) is 59.9 Å². The second kappa shape index (κ2) is 40.0. The van der Waals surface area contributed by atoms with Crippen LogP contribution in [-0.2, 0) is 102 Å². The van der Waals surface area contributed by atoms with Crippen LogP contribution in [0, 0.1) is 0 Å². The first-order chi connectivity index (χ1) is 64.6. The second-order valence-corrected chi connectivity index (χ2v) is 35.8. The molecule has 2 atom stereocenters. The number of ether oxygens (including phenoxy) is 5. The predicted molar refractivity (Wildman–Crippen MR) is 506 cm³/mol. The lowest BCUT2D eigenvalue weighted by Gasteiger charge is -2.32. The Morgan fingerprint density at radius 1 is 0.391 bits per heavy atom. The van der Waals surface area contributed by atoms with Gasteiger partial charge in [-0.05, 0) is 197 Å². The Balaban J connectivity index is 0.000000124. The molecule has 20 rings (SSSR count). The molecule has 0 unspecified atom stereocenters. The minimum absolute atomic E-state index is 0.0582. The van der Waals surface area contributed by atoms with Gasteiger partial charge in [0.15, 0.2) is 22.6 Å². The molecule has 31 heteroatoms. The van der Waals surface area contributed by atoms with Crippen LogP contribution in [0.1, 0.15) is 111 Å². The zero-order chi connectivity index (χ0) is 92.3. The molecule has 4 aliphatic rings. The van der Waals surface area contributed by atoms with Crippen molar-refractivity contribution in [1.82, 2.24) is 83.4 Å². The molecule has 12 heterocycles. The zero-order valence-corrected chi connectivity index (χ0v) is 75.8. The van der Waals surface area contributed by atoms with Gasteiger partial charge in [-0.25, -0.2) is 56.7 Å². The van der Waals surface area contributed by atoms with E-state index in [9.17, 15) is 27.6 Å². The van der Waals surface area contributed by atoms with Gasteiger partial charge in [0.25, 0.3) is 0 Å². The molecule has 8 aromatic heterocycles. The van der Waals surface area contributed by atoms with Gasteiger partial charge >= 0.3 is 12.1 Å². The van der Waals surface area contributed by atoms with Crippen LogP contribution in [0.4, 0.5) is 15.3 Å². The smallest absolute Gasteiger partial charge is 0.408 e. The van der Waals surface area contributed by atoms with E-state index < -0.39 is 33.8 Å². The Kier molecular flexibility index (Phi) is 27.0. The number of hydrogen-bond donors (Lipinski definition) is 3. The minimum Gasteiger partial charge on any atom is -0.497 e. The molecular formula is C102H103N19O11S. The van der Waals surface area contributed by atoms with Crippen LogP contribution in [0.2, 0.25) is 0 Å². The molecule has 4 N–H and O–H groups in total. The third-order valence-electron chi connectivity index (χ3n) is 24.2. The minimum atomic E-state index is -3.52. The number of para-hydroxylation sites is 1. The predicted octanol–water partition coefficient (Wildman–Crippen LogP) is 15.0. The maximum absolute atomic E-state index is 13.7. The summed E-state index contributed by atoms with van der Waals surface area (Å²) < 4.78 is 61.5. The number of carbonyl (C=O) groups is 4. The number of nitrogens with two attached hydrogens (primary N) is 1. The van der Waals surface area contributed by atoms with Gasteiger partial charge in [-0.3, -0.25) is 9.59 Å². The number of methoxy groups -OCH3 is 4. The highest BCUT2D eigenvalue weighted by Crippen LogP contribution is 2.35. The lowest BCUT2D eigenvalue weighted by atomic mass is 9.97. The van der Waals surface area contributed by atoms with Crippen molar-refractivity contribution in [1.29, 1.82) is 0 Å². The monoisotopic (exact) mass is 1800 g/mol. The number of sulfonamides is 1. The van der Waals surface area contributed by atoms with E-state index in [1.54, 1.807) is 84.6 Å². The van der Waals surface area contributed by atoms with E-state index in [0.717, 1.165) is 147 Å². The summed E-state index contributed by atoms with van der Waals surface area (Å²) in [5, 5.41) is 28.2. The summed E-state index contributed by atoms with van der Waals surface area (Å²) in [6.07, 6.45) is 17.1. The average molecular weight is 1800 g/mol. The van der Waals surface area contributed by atoms with Gasteiger partial charge in [0.1, 0.15) is 40.7 Å². The van der Waals surface area contributed by atoms with Crippen LogP contribution in [0.15, 0.2) is 273 Å². The lowest BCUT2D eigenvalue weighted by Crippen LogP contribution is -2.46. The third kappa shape index (κ3) is 20.5. The number of fused-ring (bicyclic) bond motifs is 12. The maximum Gasteiger partial charge on any atom is 0.408 e. The Labute approximate surface area is 769 Å². The number of hydrogen-bond acceptors (Lipinski definition) is 20. The summed E-state index contributed by atoms with van der Waals surface area (Å²) >= 11 is 0. The van der Waals surface area contributed by atoms with Crippen LogP contribution in [-0.4, -0.2) is 171 Å². The van der Waals surface area contributed by atoms with E-state index in [-0.39, 0.29) is 17.8 Å². The van der Waals surface area contributed by atoms with Gasteiger partial charge in [-0.1, -0.05) is 146 Å². The topological polar surface area (TPSA) is 334 Å². The van der Waals surface area contributed by atoms with Gasteiger partial charge in [0.05, 0.1) is 84.3 Å². The van der Waals surface area contributed by atoms with Crippen LogP contribution in [0.25, 0.3) is 44.1 Å². The molecule has 678 valence electrons. The largest absolute Gasteiger partial charge is 0.497 e. The molecule has 0 spiro atoms. The van der Waals surface area contributed by atoms with Crippen molar-refractivity contribution < 1.29 is 51.3 Å². The van der Waals surface area contributed by atoms with Crippen molar-refractivity contribution in [2.24, 2.45) is 5.73 Å². The van der Waals surface area contributed by atoms with E-state index in [4.69, 9.17) is 34.4 Å². The number of amides is 5. The molecule has 4 aliphatic heterocycles. The molecule has 8 aromatic carbocycles. The number of anilines is 1. The number of aromatic nitrogens is 12. The number of rotatable bonds is 20. The van der Waals surface area contributed by atoms with Crippen LogP contribution < -0.4 is 35.3 Å². The summed E-state index contributed by atoms with van der Waals surface area (Å²) in [4.78, 5) is 76.4. The molecule has 5 amide bonds. The molecule has 0 saturated carbocycles. The number of alkyl carbamates (subject to hydrolysis) is 1. The Morgan fingerprint density at radius 2 is 0.714 bits per heavy atom. The molecule has 0 aliphatic carbocycles. The number of nitrogens with zero attached hydrogens (tertiary/aromatic N) is 16. The molecule has 0 bridgehead atoms. The maximum atomic E-state index is 13.7. The lowest BCUT2D eigenvalue weighted by molar-refractivity contribution is -0.135. The van der Waals surface area contributed by atoms with Crippen LogP contribution in [0.5, 0.6) is 23.0 Å². The van der Waals surface area contributed by atoms with E-state index >= 15 is 0 Å². The van der Waals surface area contributed by atoms with Gasteiger partial charge in [0, 0.05) is 104 Å².